The molecule has 2 unspecified atom stereocenters. The van der Waals surface area contributed by atoms with Crippen molar-refractivity contribution >= 4 is 47.0 Å². The van der Waals surface area contributed by atoms with E-state index in [1.807, 2.05) is 11.3 Å². The maximum atomic E-state index is 4.82. The quantitative estimate of drug-likeness (QED) is 0.308. The number of halogens is 1. The fourth-order valence-electron chi connectivity index (χ4n) is 3.54. The van der Waals surface area contributed by atoms with E-state index in [0.29, 0.717) is 11.8 Å². The smallest absolute Gasteiger partial charge is 0.191 e. The van der Waals surface area contributed by atoms with Crippen molar-refractivity contribution in [1.82, 2.24) is 10.6 Å². The van der Waals surface area contributed by atoms with Gasteiger partial charge in [-0.1, -0.05) is 31.2 Å². The van der Waals surface area contributed by atoms with Gasteiger partial charge in [-0.15, -0.1) is 35.3 Å². The van der Waals surface area contributed by atoms with Crippen LogP contribution in [0.4, 0.5) is 5.69 Å². The van der Waals surface area contributed by atoms with Gasteiger partial charge in [0.15, 0.2) is 5.96 Å². The molecule has 1 aromatic heterocycles. The average molecular weight is 513 g/mol. The number of anilines is 1. The molecule has 1 aliphatic heterocycles. The Labute approximate surface area is 190 Å². The molecule has 4 nitrogen and oxygen atoms in total. The van der Waals surface area contributed by atoms with Gasteiger partial charge >= 0.3 is 0 Å². The Morgan fingerprint density at radius 2 is 2.04 bits per heavy atom. The highest BCUT2D eigenvalue weighted by Gasteiger charge is 2.22. The van der Waals surface area contributed by atoms with Crippen LogP contribution in [0, 0.1) is 11.8 Å². The summed E-state index contributed by atoms with van der Waals surface area (Å²) in [5, 5.41) is 9.11. The number of nitrogens with zero attached hydrogens (tertiary/aromatic N) is 2. The van der Waals surface area contributed by atoms with E-state index in [1.54, 1.807) is 0 Å². The Morgan fingerprint density at radius 1 is 1.21 bits per heavy atom. The average Bonchev–Trinajstić information content (AvgIpc) is 3.37. The summed E-state index contributed by atoms with van der Waals surface area (Å²) in [7, 11) is 0. The van der Waals surface area contributed by atoms with Crippen LogP contribution >= 0.6 is 35.3 Å². The van der Waals surface area contributed by atoms with Crippen molar-refractivity contribution in [2.45, 2.75) is 26.7 Å². The van der Waals surface area contributed by atoms with Gasteiger partial charge in [-0.25, -0.2) is 0 Å². The monoisotopic (exact) mass is 512 g/mol. The minimum Gasteiger partial charge on any atom is -0.371 e. The summed E-state index contributed by atoms with van der Waals surface area (Å²) in [4.78, 5) is 8.75. The van der Waals surface area contributed by atoms with Crippen molar-refractivity contribution in [2.75, 3.05) is 37.6 Å². The number of aliphatic imine (C=N–C) groups is 1. The van der Waals surface area contributed by atoms with Crippen LogP contribution in [0.2, 0.25) is 0 Å². The van der Waals surface area contributed by atoms with Gasteiger partial charge in [0.1, 0.15) is 0 Å². The summed E-state index contributed by atoms with van der Waals surface area (Å²) in [5.41, 5.74) is 1.34. The van der Waals surface area contributed by atoms with Gasteiger partial charge in [-0.05, 0) is 55.2 Å². The van der Waals surface area contributed by atoms with Gasteiger partial charge < -0.3 is 15.5 Å². The van der Waals surface area contributed by atoms with Crippen LogP contribution in [0.3, 0.4) is 0 Å². The third kappa shape index (κ3) is 7.28. The SMILES string of the molecule is CCNC(=NCC(C)Cc1cccs1)NCC1CCN(c2ccccc2)C1.I. The second kappa shape index (κ2) is 12.3. The maximum Gasteiger partial charge on any atom is 0.191 e. The molecule has 154 valence electrons. The minimum atomic E-state index is 0. The standard InChI is InChI=1S/C22H32N4S.HI/c1-3-23-22(24-15-18(2)14-21-10-7-13-27-21)25-16-19-11-12-26(17-19)20-8-5-4-6-9-20;/h4-10,13,18-19H,3,11-12,14-17H2,1-2H3,(H2,23,24,25);1H. The molecule has 1 saturated heterocycles. The minimum absolute atomic E-state index is 0. The summed E-state index contributed by atoms with van der Waals surface area (Å²) >= 11 is 1.84. The van der Waals surface area contributed by atoms with Gasteiger partial charge in [-0.3, -0.25) is 4.99 Å². The van der Waals surface area contributed by atoms with Crippen LogP contribution in [0.5, 0.6) is 0 Å². The largest absolute Gasteiger partial charge is 0.371 e. The summed E-state index contributed by atoms with van der Waals surface area (Å²) in [6.45, 7) is 9.39. The predicted octanol–water partition coefficient (Wildman–Crippen LogP) is 4.63. The number of benzene rings is 1. The van der Waals surface area contributed by atoms with Gasteiger partial charge in [0.2, 0.25) is 0 Å². The molecule has 1 aromatic carbocycles. The fourth-order valence-corrected chi connectivity index (χ4v) is 4.41. The molecule has 0 bridgehead atoms. The molecule has 0 aliphatic carbocycles. The number of hydrogen-bond donors (Lipinski definition) is 2. The van der Waals surface area contributed by atoms with E-state index in [9.17, 15) is 0 Å². The van der Waals surface area contributed by atoms with Gasteiger partial charge in [0.25, 0.3) is 0 Å². The lowest BCUT2D eigenvalue weighted by molar-refractivity contribution is 0.559. The van der Waals surface area contributed by atoms with Crippen molar-refractivity contribution in [3.05, 3.63) is 52.7 Å². The molecule has 0 saturated carbocycles. The van der Waals surface area contributed by atoms with Crippen molar-refractivity contribution in [2.24, 2.45) is 16.8 Å². The van der Waals surface area contributed by atoms with Crippen molar-refractivity contribution < 1.29 is 0 Å². The Morgan fingerprint density at radius 3 is 2.75 bits per heavy atom. The van der Waals surface area contributed by atoms with Crippen molar-refractivity contribution in [3.63, 3.8) is 0 Å². The molecule has 0 spiro atoms. The number of thiophene rings is 1. The van der Waals surface area contributed by atoms with E-state index >= 15 is 0 Å². The van der Waals surface area contributed by atoms with Crippen molar-refractivity contribution in [1.29, 1.82) is 0 Å². The third-order valence-electron chi connectivity index (χ3n) is 5.00. The Bertz CT molecular complexity index is 690. The van der Waals surface area contributed by atoms with Crippen LogP contribution in [0.25, 0.3) is 0 Å². The first kappa shape index (κ1) is 23.0. The van der Waals surface area contributed by atoms with Crippen LogP contribution in [0.1, 0.15) is 25.1 Å². The van der Waals surface area contributed by atoms with Crippen molar-refractivity contribution in [3.8, 4) is 0 Å². The predicted molar refractivity (Wildman–Crippen MR) is 133 cm³/mol. The topological polar surface area (TPSA) is 39.7 Å². The number of hydrogen-bond acceptors (Lipinski definition) is 3. The zero-order valence-corrected chi connectivity index (χ0v) is 20.1. The lowest BCUT2D eigenvalue weighted by atomic mass is 10.1. The zero-order chi connectivity index (χ0) is 18.9. The Kier molecular flexibility index (Phi) is 10.1. The van der Waals surface area contributed by atoms with E-state index in [4.69, 9.17) is 4.99 Å². The molecule has 2 atom stereocenters. The van der Waals surface area contributed by atoms with E-state index in [2.05, 4.69) is 77.2 Å². The summed E-state index contributed by atoms with van der Waals surface area (Å²) in [6.07, 6.45) is 2.34. The van der Waals surface area contributed by atoms with E-state index in [1.165, 1.54) is 17.0 Å². The summed E-state index contributed by atoms with van der Waals surface area (Å²) in [6, 6.07) is 15.1. The molecule has 28 heavy (non-hydrogen) atoms. The highest BCUT2D eigenvalue weighted by Crippen LogP contribution is 2.23. The molecule has 6 heteroatoms. The van der Waals surface area contributed by atoms with Crippen LogP contribution in [-0.4, -0.2) is 38.7 Å². The lowest BCUT2D eigenvalue weighted by Crippen LogP contribution is -2.40. The molecule has 2 heterocycles. The second-order valence-corrected chi connectivity index (χ2v) is 8.46. The second-order valence-electron chi connectivity index (χ2n) is 7.43. The van der Waals surface area contributed by atoms with Crippen LogP contribution in [0.15, 0.2) is 52.8 Å². The first-order valence-electron chi connectivity index (χ1n) is 10.1. The van der Waals surface area contributed by atoms with E-state index < -0.39 is 0 Å². The Balaban J connectivity index is 0.00000280. The van der Waals surface area contributed by atoms with Crippen LogP contribution < -0.4 is 15.5 Å². The summed E-state index contributed by atoms with van der Waals surface area (Å²) in [5.74, 6) is 2.17. The molecule has 2 aromatic rings. The molecule has 3 rings (SSSR count). The third-order valence-corrected chi connectivity index (χ3v) is 5.90. The highest BCUT2D eigenvalue weighted by atomic mass is 127. The van der Waals surface area contributed by atoms with Gasteiger partial charge in [-0.2, -0.15) is 0 Å². The molecule has 2 N–H and O–H groups in total. The first-order chi connectivity index (χ1) is 13.2. The number of guanidine groups is 1. The Hall–Kier alpha value is -1.28. The zero-order valence-electron chi connectivity index (χ0n) is 16.9. The van der Waals surface area contributed by atoms with Crippen LogP contribution in [-0.2, 0) is 6.42 Å². The molecular weight excluding hydrogens is 479 g/mol. The molecule has 1 aliphatic rings. The highest BCUT2D eigenvalue weighted by molar-refractivity contribution is 14.0. The first-order valence-corrected chi connectivity index (χ1v) is 11.0. The lowest BCUT2D eigenvalue weighted by Gasteiger charge is -2.19. The van der Waals surface area contributed by atoms with Gasteiger partial charge in [0.05, 0.1) is 0 Å². The normalized spacial score (nSPS) is 17.9. The fraction of sp³-hybridized carbons (Fsp3) is 0.500. The number of para-hydroxylation sites is 1. The number of rotatable bonds is 8. The molecular formula is C22H33IN4S. The molecule has 0 amide bonds. The van der Waals surface area contributed by atoms with Gasteiger partial charge in [0, 0.05) is 43.3 Å². The van der Waals surface area contributed by atoms with E-state index in [-0.39, 0.29) is 24.0 Å². The molecule has 1 fully saturated rings. The number of nitrogens with one attached hydrogen (secondary N) is 2. The summed E-state index contributed by atoms with van der Waals surface area (Å²) < 4.78 is 0. The van der Waals surface area contributed by atoms with E-state index in [0.717, 1.165) is 45.1 Å². The molecule has 0 radical (unpaired) electrons. The maximum absolute atomic E-state index is 4.82.